The van der Waals surface area contributed by atoms with E-state index < -0.39 is 10.0 Å². The van der Waals surface area contributed by atoms with Gasteiger partial charge in [0.2, 0.25) is 0 Å². The minimum Gasteiger partial charge on any atom is -0.349 e. The second kappa shape index (κ2) is 7.58. The van der Waals surface area contributed by atoms with E-state index in [0.29, 0.717) is 16.9 Å². The topological polar surface area (TPSA) is 75.3 Å². The van der Waals surface area contributed by atoms with E-state index in [4.69, 9.17) is 23.2 Å². The molecule has 2 fully saturated rings. The van der Waals surface area contributed by atoms with Crippen LogP contribution < -0.4 is 10.0 Å². The zero-order valence-electron chi connectivity index (χ0n) is 15.0. The predicted molar refractivity (Wildman–Crippen MR) is 110 cm³/mol. The fraction of sp³-hybridized carbons (Fsp3) is 0.350. The summed E-state index contributed by atoms with van der Waals surface area (Å²) >= 11 is 12.0. The van der Waals surface area contributed by atoms with Crippen LogP contribution in [0.5, 0.6) is 0 Å². The molecule has 2 aromatic carbocycles. The van der Waals surface area contributed by atoms with Crippen LogP contribution in [0.25, 0.3) is 0 Å². The zero-order chi connectivity index (χ0) is 19.9. The number of rotatable bonds is 5. The summed E-state index contributed by atoms with van der Waals surface area (Å²) in [5.74, 6) is 0.984. The van der Waals surface area contributed by atoms with Gasteiger partial charge in [0.1, 0.15) is 0 Å². The van der Waals surface area contributed by atoms with Gasteiger partial charge in [0.15, 0.2) is 0 Å². The van der Waals surface area contributed by atoms with Crippen molar-refractivity contribution in [2.75, 3.05) is 4.72 Å². The van der Waals surface area contributed by atoms with Gasteiger partial charge in [-0.1, -0.05) is 29.6 Å². The molecule has 2 N–H and O–H groups in total. The number of amides is 1. The predicted octanol–water partition coefficient (Wildman–Crippen LogP) is 4.71. The van der Waals surface area contributed by atoms with Gasteiger partial charge in [-0.05, 0) is 73.6 Å². The second-order valence-electron chi connectivity index (χ2n) is 7.51. The number of benzene rings is 2. The Labute approximate surface area is 174 Å². The Balaban J connectivity index is 1.52. The fourth-order valence-corrected chi connectivity index (χ4v) is 5.64. The Morgan fingerprint density at radius 3 is 2.39 bits per heavy atom. The van der Waals surface area contributed by atoms with E-state index in [0.717, 1.165) is 12.8 Å². The average molecular weight is 439 g/mol. The molecule has 1 amide bonds. The van der Waals surface area contributed by atoms with Crippen LogP contribution in [0.15, 0.2) is 47.4 Å². The maximum absolute atomic E-state index is 12.7. The highest BCUT2D eigenvalue weighted by atomic mass is 35.5. The lowest BCUT2D eigenvalue weighted by Gasteiger charge is -2.23. The summed E-state index contributed by atoms with van der Waals surface area (Å²) < 4.78 is 27.6. The maximum Gasteiger partial charge on any atom is 0.261 e. The molecule has 148 valence electrons. The number of fused-ring (bicyclic) bond motifs is 2. The van der Waals surface area contributed by atoms with Gasteiger partial charge in [0.05, 0.1) is 15.5 Å². The molecule has 0 aliphatic heterocycles. The third-order valence-corrected chi connectivity index (χ3v) is 7.62. The van der Waals surface area contributed by atoms with Gasteiger partial charge in [0, 0.05) is 16.8 Å². The van der Waals surface area contributed by atoms with Crippen LogP contribution in [0, 0.1) is 11.8 Å². The molecule has 2 aliphatic carbocycles. The van der Waals surface area contributed by atoms with Crippen molar-refractivity contribution >= 4 is 44.8 Å². The number of nitrogens with one attached hydrogen (secondary N) is 2. The smallest absolute Gasteiger partial charge is 0.261 e. The largest absolute Gasteiger partial charge is 0.349 e. The Hall–Kier alpha value is -1.76. The molecule has 0 unspecified atom stereocenters. The first kappa shape index (κ1) is 19.6. The molecule has 0 radical (unpaired) electrons. The van der Waals surface area contributed by atoms with Gasteiger partial charge < -0.3 is 5.32 Å². The van der Waals surface area contributed by atoms with E-state index in [1.54, 1.807) is 0 Å². The van der Waals surface area contributed by atoms with Crippen LogP contribution in [0.4, 0.5) is 5.69 Å². The molecule has 4 rings (SSSR count). The van der Waals surface area contributed by atoms with Crippen molar-refractivity contribution in [2.45, 2.75) is 36.6 Å². The fourth-order valence-electron chi connectivity index (χ4n) is 4.26. The maximum atomic E-state index is 12.7. The van der Waals surface area contributed by atoms with Crippen LogP contribution in [-0.4, -0.2) is 20.4 Å². The Morgan fingerprint density at radius 1 is 1.00 bits per heavy atom. The minimum atomic E-state index is -3.80. The van der Waals surface area contributed by atoms with Crippen LogP contribution >= 0.6 is 23.2 Å². The lowest BCUT2D eigenvalue weighted by Crippen LogP contribution is -2.38. The van der Waals surface area contributed by atoms with Crippen LogP contribution in [0.1, 0.15) is 36.0 Å². The number of halogens is 2. The Morgan fingerprint density at radius 2 is 1.75 bits per heavy atom. The SMILES string of the molecule is O=C(N[C@H]1C[C@@H]2CC[C@@H]1C2)c1cc(NS(=O)(=O)c2ccc(Cl)cc2)ccc1Cl. The quantitative estimate of drug-likeness (QED) is 0.709. The van der Waals surface area contributed by atoms with E-state index in [1.807, 2.05) is 0 Å². The number of hydrogen-bond acceptors (Lipinski definition) is 3. The van der Waals surface area contributed by atoms with Crippen molar-refractivity contribution in [1.29, 1.82) is 0 Å². The summed E-state index contributed by atoms with van der Waals surface area (Å²) in [6, 6.07) is 10.6. The van der Waals surface area contributed by atoms with E-state index in [1.165, 1.54) is 55.3 Å². The van der Waals surface area contributed by atoms with Crippen molar-refractivity contribution in [3.63, 3.8) is 0 Å². The molecule has 0 spiro atoms. The first-order chi connectivity index (χ1) is 13.3. The summed E-state index contributed by atoms with van der Waals surface area (Å²) in [5.41, 5.74) is 0.540. The summed E-state index contributed by atoms with van der Waals surface area (Å²) in [6.45, 7) is 0. The monoisotopic (exact) mass is 438 g/mol. The molecule has 0 aromatic heterocycles. The molecular weight excluding hydrogens is 419 g/mol. The van der Waals surface area contributed by atoms with Crippen LogP contribution in [-0.2, 0) is 10.0 Å². The lowest BCUT2D eigenvalue weighted by molar-refractivity contribution is 0.0923. The molecule has 5 nitrogen and oxygen atoms in total. The van der Waals surface area contributed by atoms with Gasteiger partial charge in [-0.25, -0.2) is 8.42 Å². The summed E-state index contributed by atoms with van der Waals surface area (Å²) in [5, 5.41) is 3.82. The van der Waals surface area contributed by atoms with Gasteiger partial charge in [-0.3, -0.25) is 9.52 Å². The Kier molecular flexibility index (Phi) is 5.29. The molecule has 2 aromatic rings. The molecule has 8 heteroatoms. The van der Waals surface area contributed by atoms with Gasteiger partial charge in [0.25, 0.3) is 15.9 Å². The minimum absolute atomic E-state index is 0.0832. The molecule has 2 aliphatic rings. The number of carbonyl (C=O) groups is 1. The molecule has 2 saturated carbocycles. The zero-order valence-corrected chi connectivity index (χ0v) is 17.3. The van der Waals surface area contributed by atoms with Crippen molar-refractivity contribution in [2.24, 2.45) is 11.8 Å². The van der Waals surface area contributed by atoms with E-state index in [9.17, 15) is 13.2 Å². The van der Waals surface area contributed by atoms with Crippen molar-refractivity contribution < 1.29 is 13.2 Å². The van der Waals surface area contributed by atoms with Crippen molar-refractivity contribution in [3.8, 4) is 0 Å². The first-order valence-electron chi connectivity index (χ1n) is 9.20. The molecule has 0 saturated heterocycles. The Bertz CT molecular complexity index is 1010. The highest BCUT2D eigenvalue weighted by molar-refractivity contribution is 7.92. The number of sulfonamides is 1. The lowest BCUT2D eigenvalue weighted by atomic mass is 9.95. The third kappa shape index (κ3) is 4.00. The summed E-state index contributed by atoms with van der Waals surface area (Å²) in [4.78, 5) is 12.8. The third-order valence-electron chi connectivity index (χ3n) is 5.64. The van der Waals surface area contributed by atoms with Gasteiger partial charge >= 0.3 is 0 Å². The molecule has 0 heterocycles. The summed E-state index contributed by atoms with van der Waals surface area (Å²) in [6.07, 6.45) is 4.60. The molecular formula is C20H20Cl2N2O3S. The van der Waals surface area contributed by atoms with Crippen LogP contribution in [0.2, 0.25) is 10.0 Å². The molecule has 2 bridgehead atoms. The molecule has 28 heavy (non-hydrogen) atoms. The van der Waals surface area contributed by atoms with Crippen LogP contribution in [0.3, 0.4) is 0 Å². The number of hydrogen-bond donors (Lipinski definition) is 2. The van der Waals surface area contributed by atoms with Gasteiger partial charge in [-0.15, -0.1) is 0 Å². The second-order valence-corrected chi connectivity index (χ2v) is 10.0. The van der Waals surface area contributed by atoms with E-state index >= 15 is 0 Å². The van der Waals surface area contributed by atoms with Crippen molar-refractivity contribution in [3.05, 3.63) is 58.1 Å². The molecule has 3 atom stereocenters. The van der Waals surface area contributed by atoms with Gasteiger partial charge in [-0.2, -0.15) is 0 Å². The van der Waals surface area contributed by atoms with E-state index in [2.05, 4.69) is 10.0 Å². The number of carbonyl (C=O) groups excluding carboxylic acids is 1. The standard InChI is InChI=1S/C20H20Cl2N2O3S/c21-14-3-6-16(7-4-14)28(26,27)24-15-5-8-18(22)17(11-15)20(25)23-19-10-12-1-2-13(19)9-12/h3-8,11-13,19,24H,1-2,9-10H2,(H,23,25)/t12-,13-,19+/m1/s1. The highest BCUT2D eigenvalue weighted by Gasteiger charge is 2.40. The first-order valence-corrected chi connectivity index (χ1v) is 11.4. The number of anilines is 1. The van der Waals surface area contributed by atoms with Crippen molar-refractivity contribution in [1.82, 2.24) is 5.32 Å². The average Bonchev–Trinajstić information content (AvgIpc) is 3.26. The summed E-state index contributed by atoms with van der Waals surface area (Å²) in [7, 11) is -3.80. The normalized spacial score (nSPS) is 23.6. The highest BCUT2D eigenvalue weighted by Crippen LogP contribution is 2.44. The van der Waals surface area contributed by atoms with E-state index in [-0.39, 0.29) is 33.1 Å².